The van der Waals surface area contributed by atoms with Crippen LogP contribution in [-0.2, 0) is 20.8 Å². The van der Waals surface area contributed by atoms with Crippen LogP contribution in [0.1, 0.15) is 11.1 Å². The number of aromatic nitrogens is 2. The van der Waals surface area contributed by atoms with Crippen molar-refractivity contribution < 1.29 is 20.8 Å². The summed E-state index contributed by atoms with van der Waals surface area (Å²) in [6.45, 7) is 8.55. The fourth-order valence-corrected chi connectivity index (χ4v) is 5.45. The van der Waals surface area contributed by atoms with Gasteiger partial charge in [-0.25, -0.2) is 0 Å². The van der Waals surface area contributed by atoms with Crippen LogP contribution in [0.4, 0.5) is 0 Å². The van der Waals surface area contributed by atoms with Crippen LogP contribution in [-0.4, -0.2) is 19.5 Å². The first-order chi connectivity index (χ1) is 19.3. The van der Waals surface area contributed by atoms with Crippen molar-refractivity contribution in [2.75, 3.05) is 0 Å². The summed E-state index contributed by atoms with van der Waals surface area (Å²) < 4.78 is 2.30. The molecule has 0 aliphatic carbocycles. The van der Waals surface area contributed by atoms with Crippen LogP contribution in [0.3, 0.4) is 0 Å². The molecular weight excluding hydrogens is 762 g/mol. The van der Waals surface area contributed by atoms with Crippen LogP contribution in [0, 0.1) is 13.8 Å². The Balaban J connectivity index is 0.000000185. The van der Waals surface area contributed by atoms with Gasteiger partial charge < -0.3 is 0 Å². The SMILES string of the molecule is C[Si]C.Cc1cc2c(Br)cc(-c3ccncc3)cc2[cH-]1.Cc1cc2c(Br)cc(-c3ccncc3)cc2[cH-]1.[Cl][Zr+2][Cl]. The van der Waals surface area contributed by atoms with E-state index in [0.717, 1.165) is 18.5 Å². The summed E-state index contributed by atoms with van der Waals surface area (Å²) in [6.07, 6.45) is 7.29. The average molecular weight is 791 g/mol. The van der Waals surface area contributed by atoms with E-state index >= 15 is 0 Å². The number of nitrogens with zero attached hydrogens (tertiary/aromatic N) is 2. The normalized spacial score (nSPS) is 10.0. The fraction of sp³-hybridized carbons (Fsp3) is 0.125. The molecule has 0 fully saturated rings. The van der Waals surface area contributed by atoms with Crippen molar-refractivity contribution in [1.82, 2.24) is 9.97 Å². The van der Waals surface area contributed by atoms with Crippen LogP contribution >= 0.6 is 48.9 Å². The van der Waals surface area contributed by atoms with E-state index in [-0.39, 0.29) is 0 Å². The summed E-state index contributed by atoms with van der Waals surface area (Å²) in [4.78, 5) is 8.10. The molecule has 4 aromatic carbocycles. The minimum atomic E-state index is -0.826. The monoisotopic (exact) mass is 786 g/mol. The number of rotatable bonds is 2. The first-order valence-electron chi connectivity index (χ1n) is 12.4. The van der Waals surface area contributed by atoms with Crippen molar-refractivity contribution >= 4 is 80.0 Å². The number of benzene rings is 2. The van der Waals surface area contributed by atoms with Crippen molar-refractivity contribution in [3.63, 3.8) is 0 Å². The molecular formula is C32H28Br2Cl2N2SiZr. The van der Waals surface area contributed by atoms with Gasteiger partial charge in [-0.1, -0.05) is 82.1 Å². The average Bonchev–Trinajstić information content (AvgIpc) is 3.52. The van der Waals surface area contributed by atoms with Crippen molar-refractivity contribution in [2.24, 2.45) is 0 Å². The third-order valence-electron chi connectivity index (χ3n) is 5.86. The third-order valence-corrected chi connectivity index (χ3v) is 7.17. The van der Waals surface area contributed by atoms with Gasteiger partial charge >= 0.3 is 37.9 Å². The first-order valence-corrected chi connectivity index (χ1v) is 22.3. The number of hydrogen-bond donors (Lipinski definition) is 0. The standard InChI is InChI=1S/2C15H11BrN.C2H6Si.2ClH.Zr/c2*1-10-6-13-8-12(9-15(16)14(13)7-10)11-2-4-17-5-3-11;1-3-2;;;/h2*2-9H,1H3;1-2H3;2*1H;/q2*-1;;;;+4/p-2. The Labute approximate surface area is 275 Å². The predicted octanol–water partition coefficient (Wildman–Crippen LogP) is 11.5. The number of hydrogen-bond acceptors (Lipinski definition) is 2. The summed E-state index contributed by atoms with van der Waals surface area (Å²) in [5.74, 6) is 0. The maximum absolute atomic E-state index is 4.93. The topological polar surface area (TPSA) is 25.8 Å². The van der Waals surface area contributed by atoms with E-state index in [4.69, 9.17) is 17.0 Å². The zero-order chi connectivity index (χ0) is 29.1. The van der Waals surface area contributed by atoms with Gasteiger partial charge in [-0.3, -0.25) is 9.97 Å². The molecule has 0 aliphatic heterocycles. The predicted molar refractivity (Wildman–Crippen MR) is 180 cm³/mol. The van der Waals surface area contributed by atoms with Crippen molar-refractivity contribution in [2.45, 2.75) is 26.9 Å². The minimum absolute atomic E-state index is 0.826. The van der Waals surface area contributed by atoms with Crippen LogP contribution < -0.4 is 0 Å². The molecule has 2 nitrogen and oxygen atoms in total. The van der Waals surface area contributed by atoms with Gasteiger partial charge in [0.05, 0.1) is 0 Å². The molecule has 0 saturated heterocycles. The molecule has 0 amide bonds. The van der Waals surface area contributed by atoms with Gasteiger partial charge in [0, 0.05) is 34.3 Å². The second-order valence-corrected chi connectivity index (χ2v) is 15.5. The Morgan fingerprint density at radius 3 is 1.27 bits per heavy atom. The van der Waals surface area contributed by atoms with Gasteiger partial charge in [-0.15, -0.1) is 56.9 Å². The molecule has 0 N–H and O–H groups in total. The van der Waals surface area contributed by atoms with Crippen molar-refractivity contribution in [3.05, 3.63) is 118 Å². The Kier molecular flexibility index (Phi) is 14.0. The van der Waals surface area contributed by atoms with Crippen LogP contribution in [0.15, 0.2) is 107 Å². The molecule has 0 atom stereocenters. The summed E-state index contributed by atoms with van der Waals surface area (Å²) in [5, 5.41) is 5.12. The van der Waals surface area contributed by atoms with E-state index in [1.54, 1.807) is 0 Å². The molecule has 202 valence electrons. The van der Waals surface area contributed by atoms with Gasteiger partial charge in [-0.2, -0.15) is 12.1 Å². The zero-order valence-electron chi connectivity index (χ0n) is 22.6. The number of fused-ring (bicyclic) bond motifs is 2. The molecule has 2 radical (unpaired) electrons. The van der Waals surface area contributed by atoms with E-state index in [9.17, 15) is 0 Å². The molecule has 2 aromatic heterocycles. The van der Waals surface area contributed by atoms with Gasteiger partial charge in [-0.05, 0) is 44.3 Å². The van der Waals surface area contributed by atoms with Crippen LogP contribution in [0.2, 0.25) is 13.1 Å². The number of pyridine rings is 2. The van der Waals surface area contributed by atoms with E-state index in [0.29, 0.717) is 0 Å². The quantitative estimate of drug-likeness (QED) is 0.129. The molecule has 6 rings (SSSR count). The summed E-state index contributed by atoms with van der Waals surface area (Å²) in [6, 6.07) is 25.7. The van der Waals surface area contributed by atoms with E-state index in [1.807, 2.05) is 49.1 Å². The van der Waals surface area contributed by atoms with Gasteiger partial charge in [0.15, 0.2) is 0 Å². The van der Waals surface area contributed by atoms with Gasteiger partial charge in [0.1, 0.15) is 0 Å². The van der Waals surface area contributed by atoms with Crippen LogP contribution in [0.25, 0.3) is 43.8 Å². The summed E-state index contributed by atoms with van der Waals surface area (Å²) in [5.41, 5.74) is 7.43. The Bertz CT molecular complexity index is 1510. The van der Waals surface area contributed by atoms with E-state index in [1.165, 1.54) is 54.9 Å². The fourth-order valence-electron chi connectivity index (χ4n) is 4.27. The second kappa shape index (κ2) is 16.9. The van der Waals surface area contributed by atoms with E-state index < -0.39 is 20.8 Å². The summed E-state index contributed by atoms with van der Waals surface area (Å²) >= 11 is 6.46. The third kappa shape index (κ3) is 9.31. The zero-order valence-corrected chi connectivity index (χ0v) is 30.8. The maximum atomic E-state index is 4.93. The van der Waals surface area contributed by atoms with Gasteiger partial charge in [0.2, 0.25) is 0 Å². The molecule has 0 saturated carbocycles. The molecule has 8 heteroatoms. The van der Waals surface area contributed by atoms with E-state index in [2.05, 4.69) is 117 Å². The molecule has 0 aliphatic rings. The first kappa shape index (κ1) is 33.1. The molecule has 2 heterocycles. The molecule has 40 heavy (non-hydrogen) atoms. The molecule has 6 aromatic rings. The van der Waals surface area contributed by atoms with Gasteiger partial charge in [0.25, 0.3) is 0 Å². The van der Waals surface area contributed by atoms with Crippen molar-refractivity contribution in [3.8, 4) is 22.3 Å². The Morgan fingerprint density at radius 1 is 0.625 bits per heavy atom. The molecule has 0 bridgehead atoms. The van der Waals surface area contributed by atoms with Crippen LogP contribution in [0.5, 0.6) is 0 Å². The molecule has 0 spiro atoms. The number of halogens is 4. The van der Waals surface area contributed by atoms with Crippen molar-refractivity contribution in [1.29, 1.82) is 0 Å². The number of aryl methyl sites for hydroxylation is 2. The second-order valence-electron chi connectivity index (χ2n) is 9.03. The Hall–Kier alpha value is -1.40. The Morgan fingerprint density at radius 2 is 0.950 bits per heavy atom. The molecule has 0 unspecified atom stereocenters. The summed E-state index contributed by atoms with van der Waals surface area (Å²) in [7, 11) is 11.0.